The molecule has 4 atom stereocenters. The minimum Gasteiger partial charge on any atom is -0.103 e. The van der Waals surface area contributed by atoms with E-state index in [9.17, 15) is 0 Å². The summed E-state index contributed by atoms with van der Waals surface area (Å²) in [6.45, 7) is 57.5. The van der Waals surface area contributed by atoms with Crippen molar-refractivity contribution in [1.29, 1.82) is 0 Å². The number of hydrogen-bond acceptors (Lipinski definition) is 1. The Labute approximate surface area is 324 Å². The average molecular weight is 713 g/mol. The van der Waals surface area contributed by atoms with E-state index in [4.69, 9.17) is 12.2 Å². The second-order valence-corrected chi connectivity index (χ2v) is 15.5. The van der Waals surface area contributed by atoms with Gasteiger partial charge in [-0.1, -0.05) is 215 Å². The second kappa shape index (κ2) is 41.4. The van der Waals surface area contributed by atoms with Crippen molar-refractivity contribution in [3.63, 3.8) is 0 Å². The zero-order valence-electron chi connectivity index (χ0n) is 37.5. The molecule has 1 aromatic rings. The lowest BCUT2D eigenvalue weighted by Gasteiger charge is -2.23. The van der Waals surface area contributed by atoms with E-state index in [0.29, 0.717) is 29.1 Å². The van der Waals surface area contributed by atoms with E-state index in [2.05, 4.69) is 160 Å². The first kappa shape index (κ1) is 60.1. The van der Waals surface area contributed by atoms with Gasteiger partial charge in [-0.05, 0) is 93.1 Å². The van der Waals surface area contributed by atoms with Gasteiger partial charge in [0.2, 0.25) is 0 Å². The van der Waals surface area contributed by atoms with Crippen LogP contribution in [0.15, 0.2) is 92.1 Å². The van der Waals surface area contributed by atoms with E-state index >= 15 is 0 Å². The molecule has 50 heavy (non-hydrogen) atoms. The molecule has 0 aliphatic carbocycles. The van der Waals surface area contributed by atoms with Gasteiger partial charge in [-0.3, -0.25) is 0 Å². The van der Waals surface area contributed by atoms with Crippen molar-refractivity contribution >= 4 is 17.1 Å². The molecule has 1 aromatic carbocycles. The van der Waals surface area contributed by atoms with E-state index in [1.54, 1.807) is 6.08 Å². The Bertz CT molecular complexity index is 914. The lowest BCUT2D eigenvalue weighted by Crippen LogP contribution is -2.12. The Balaban J connectivity index is -0.000000123. The van der Waals surface area contributed by atoms with Crippen LogP contribution in [-0.2, 0) is 0 Å². The summed E-state index contributed by atoms with van der Waals surface area (Å²) in [7, 11) is 0. The van der Waals surface area contributed by atoms with Gasteiger partial charge in [-0.2, -0.15) is 0 Å². The molecular formula is C49H92S. The molecule has 0 N–H and O–H groups in total. The highest BCUT2D eigenvalue weighted by Gasteiger charge is 2.17. The first-order valence-electron chi connectivity index (χ1n) is 19.9. The summed E-state index contributed by atoms with van der Waals surface area (Å²) in [5, 5.41) is 0. The number of benzene rings is 1. The second-order valence-electron chi connectivity index (χ2n) is 14.9. The Morgan fingerprint density at radius 3 is 1.30 bits per heavy atom. The number of hydrogen-bond donors (Lipinski definition) is 0. The highest BCUT2D eigenvalue weighted by atomic mass is 32.1. The van der Waals surface area contributed by atoms with Gasteiger partial charge < -0.3 is 0 Å². The van der Waals surface area contributed by atoms with Crippen LogP contribution in [0.4, 0.5) is 0 Å². The summed E-state index contributed by atoms with van der Waals surface area (Å²) >= 11 is 5.01. The molecular weight excluding hydrogens is 621 g/mol. The molecule has 0 heterocycles. The maximum atomic E-state index is 5.01. The fourth-order valence-electron chi connectivity index (χ4n) is 4.66. The first-order valence-corrected chi connectivity index (χ1v) is 20.4. The van der Waals surface area contributed by atoms with Crippen LogP contribution in [0.2, 0.25) is 0 Å². The molecule has 0 bridgehead atoms. The molecule has 1 heteroatoms. The van der Waals surface area contributed by atoms with Crippen LogP contribution in [0, 0.1) is 29.1 Å². The number of allylic oxidation sites excluding steroid dienone is 5. The lowest BCUT2D eigenvalue weighted by molar-refractivity contribution is 0.346. The third-order valence-corrected chi connectivity index (χ3v) is 8.17. The zero-order chi connectivity index (χ0) is 40.9. The van der Waals surface area contributed by atoms with Gasteiger partial charge in [-0.25, -0.2) is 0 Å². The third kappa shape index (κ3) is 44.0. The van der Waals surface area contributed by atoms with Gasteiger partial charge in [0.1, 0.15) is 0 Å². The van der Waals surface area contributed by atoms with Crippen LogP contribution in [-0.4, -0.2) is 4.86 Å². The van der Waals surface area contributed by atoms with Crippen LogP contribution in [0.5, 0.6) is 0 Å². The molecule has 0 fully saturated rings. The molecule has 0 amide bonds. The van der Waals surface area contributed by atoms with Crippen molar-refractivity contribution < 1.29 is 0 Å². The van der Waals surface area contributed by atoms with E-state index < -0.39 is 0 Å². The molecule has 0 radical (unpaired) electrons. The molecule has 0 nitrogen and oxygen atoms in total. The zero-order valence-corrected chi connectivity index (χ0v) is 38.3. The molecule has 0 spiro atoms. The Hall–Kier alpha value is -1.99. The summed E-state index contributed by atoms with van der Waals surface area (Å²) in [5.74, 6) is 3.35. The highest BCUT2D eigenvalue weighted by molar-refractivity contribution is 7.80. The molecule has 0 aliphatic rings. The number of thiocarbonyl (C=S) groups is 1. The van der Waals surface area contributed by atoms with Crippen LogP contribution < -0.4 is 0 Å². The molecule has 0 aliphatic heterocycles. The van der Waals surface area contributed by atoms with E-state index in [1.165, 1.54) is 61.7 Å². The monoisotopic (exact) mass is 713 g/mol. The van der Waals surface area contributed by atoms with E-state index in [0.717, 1.165) is 22.8 Å². The number of rotatable bonds is 15. The predicted octanol–water partition coefficient (Wildman–Crippen LogP) is 18.0. The van der Waals surface area contributed by atoms with Crippen LogP contribution in [0.3, 0.4) is 0 Å². The van der Waals surface area contributed by atoms with Gasteiger partial charge >= 0.3 is 0 Å². The van der Waals surface area contributed by atoms with E-state index in [1.807, 2.05) is 33.8 Å². The quantitative estimate of drug-likeness (QED) is 0.0991. The normalized spacial score (nSPS) is 12.0. The Kier molecular flexibility index (Phi) is 49.8. The maximum absolute atomic E-state index is 5.01. The fraction of sp³-hybridized carbons (Fsp3) is 0.653. The third-order valence-electron chi connectivity index (χ3n) is 7.91. The average Bonchev–Trinajstić information content (AvgIpc) is 3.06. The van der Waals surface area contributed by atoms with Crippen molar-refractivity contribution in [1.82, 2.24) is 0 Å². The van der Waals surface area contributed by atoms with Crippen molar-refractivity contribution in [3.05, 3.63) is 97.7 Å². The molecule has 0 saturated heterocycles. The molecule has 1 rings (SSSR count). The van der Waals surface area contributed by atoms with Crippen LogP contribution >= 0.6 is 12.2 Å². The summed E-state index contributed by atoms with van der Waals surface area (Å²) in [6.07, 6.45) is 13.6. The SMILES string of the molecule is C=C(C(C)=S)C(C)CCC.C=C(C)C(C)C(CC)c1ccccc1.C=C(C)C(C)C(CCC)CCC.C=CC.C=CCC.CC.CC(C)(C)C. The summed E-state index contributed by atoms with van der Waals surface area (Å²) in [5.41, 5.74) is 5.70. The van der Waals surface area contributed by atoms with Crippen molar-refractivity contribution in [2.75, 3.05) is 0 Å². The summed E-state index contributed by atoms with van der Waals surface area (Å²) < 4.78 is 0. The van der Waals surface area contributed by atoms with Crippen LogP contribution in [0.25, 0.3) is 0 Å². The summed E-state index contributed by atoms with van der Waals surface area (Å²) in [6, 6.07) is 10.7. The van der Waals surface area contributed by atoms with Gasteiger partial charge in [-0.15, -0.1) is 13.2 Å². The van der Waals surface area contributed by atoms with Crippen molar-refractivity contribution in [2.45, 2.75) is 182 Å². The standard InChI is InChI=1S/C14H20.C12H24.C9H16S.C5H12.C4H8.C3H6.C2H6/c1-5-14(12(4)11(2)3)13-9-7-6-8-10-13;1-6-8-12(9-7-2)11(5)10(3)4;1-5-6-7(2)8(3)9(4)10;1-5(2,3)4;1-3-4-2;1-3-2;1-2/h6-10,12,14H,2,5H2,1,3-4H3;11-12H,3,6-9H2,1-2,4-5H3;7H,3,5-6H2,1-2,4H3;1-4H3;3H,1,4H2,2H3;3H,1H2,2H3;1-2H3. The molecule has 4 unspecified atom stereocenters. The Morgan fingerprint density at radius 2 is 1.06 bits per heavy atom. The lowest BCUT2D eigenvalue weighted by atomic mass is 9.82. The topological polar surface area (TPSA) is 0 Å². The van der Waals surface area contributed by atoms with E-state index in [-0.39, 0.29) is 0 Å². The van der Waals surface area contributed by atoms with Crippen molar-refractivity contribution in [2.24, 2.45) is 29.1 Å². The summed E-state index contributed by atoms with van der Waals surface area (Å²) in [4.78, 5) is 0.959. The minimum atomic E-state index is 0.500. The maximum Gasteiger partial charge on any atom is 0.0150 e. The van der Waals surface area contributed by atoms with Crippen LogP contribution in [0.1, 0.15) is 187 Å². The first-order chi connectivity index (χ1) is 23.2. The fourth-order valence-corrected chi connectivity index (χ4v) is 4.87. The van der Waals surface area contributed by atoms with Gasteiger partial charge in [0, 0.05) is 4.86 Å². The Morgan fingerprint density at radius 1 is 0.720 bits per heavy atom. The molecule has 294 valence electrons. The highest BCUT2D eigenvalue weighted by Crippen LogP contribution is 2.31. The van der Waals surface area contributed by atoms with Crippen molar-refractivity contribution in [3.8, 4) is 0 Å². The van der Waals surface area contributed by atoms with Gasteiger partial charge in [0.25, 0.3) is 0 Å². The largest absolute Gasteiger partial charge is 0.103 e. The predicted molar refractivity (Wildman–Crippen MR) is 245 cm³/mol. The smallest absolute Gasteiger partial charge is 0.0150 e. The van der Waals surface area contributed by atoms with Gasteiger partial charge in [0.05, 0.1) is 0 Å². The van der Waals surface area contributed by atoms with Gasteiger partial charge in [0.15, 0.2) is 0 Å². The minimum absolute atomic E-state index is 0.500. The molecule has 0 saturated carbocycles. The molecule has 0 aromatic heterocycles.